The second-order valence-electron chi connectivity index (χ2n) is 6.56. The van der Waals surface area contributed by atoms with Gasteiger partial charge in [-0.2, -0.15) is 4.68 Å². The molecule has 2 aromatic rings. The molecule has 0 radical (unpaired) electrons. The smallest absolute Gasteiger partial charge is 0.253 e. The van der Waals surface area contributed by atoms with Crippen LogP contribution in [0.25, 0.3) is 5.69 Å². The number of amides is 1. The van der Waals surface area contributed by atoms with Crippen LogP contribution in [0.2, 0.25) is 0 Å². The van der Waals surface area contributed by atoms with Crippen LogP contribution in [0.15, 0.2) is 24.5 Å². The minimum Gasteiger partial charge on any atom is -0.494 e. The van der Waals surface area contributed by atoms with Crippen molar-refractivity contribution in [3.8, 4) is 11.4 Å². The Hall–Kier alpha value is -2.44. The molecule has 7 nitrogen and oxygen atoms in total. The number of rotatable bonds is 4. The van der Waals surface area contributed by atoms with Gasteiger partial charge in [0.1, 0.15) is 17.8 Å². The van der Waals surface area contributed by atoms with Crippen molar-refractivity contribution in [3.05, 3.63) is 30.1 Å². The quantitative estimate of drug-likeness (QED) is 0.853. The normalized spacial score (nSPS) is 16.1. The summed E-state index contributed by atoms with van der Waals surface area (Å²) in [5.41, 5.74) is 1.28. The van der Waals surface area contributed by atoms with E-state index < -0.39 is 0 Å². The summed E-state index contributed by atoms with van der Waals surface area (Å²) in [4.78, 5) is 14.9. The van der Waals surface area contributed by atoms with Gasteiger partial charge in [0.05, 0.1) is 7.11 Å². The molecule has 25 heavy (non-hydrogen) atoms. The molecule has 0 unspecified atom stereocenters. The van der Waals surface area contributed by atoms with E-state index in [4.69, 9.17) is 4.74 Å². The molecule has 0 spiro atoms. The molecule has 1 aliphatic carbocycles. The number of carbonyl (C=O) groups excluding carboxylic acids is 1. The topological polar surface area (TPSA) is 73.1 Å². The fraction of sp³-hybridized carbons (Fsp3) is 0.556. The van der Waals surface area contributed by atoms with Crippen molar-refractivity contribution in [1.82, 2.24) is 25.1 Å². The van der Waals surface area contributed by atoms with Gasteiger partial charge in [0.2, 0.25) is 0 Å². The van der Waals surface area contributed by atoms with E-state index in [0.29, 0.717) is 23.0 Å². The van der Waals surface area contributed by atoms with E-state index in [9.17, 15) is 4.79 Å². The highest BCUT2D eigenvalue weighted by molar-refractivity contribution is 5.95. The maximum atomic E-state index is 13.0. The highest BCUT2D eigenvalue weighted by Crippen LogP contribution is 2.26. The Morgan fingerprint density at radius 3 is 2.56 bits per heavy atom. The van der Waals surface area contributed by atoms with Crippen molar-refractivity contribution in [2.75, 3.05) is 14.2 Å². The molecule has 1 aromatic heterocycles. The Morgan fingerprint density at radius 2 is 1.92 bits per heavy atom. The lowest BCUT2D eigenvalue weighted by atomic mass is 9.95. The molecular formula is C18H25N5O2. The van der Waals surface area contributed by atoms with Gasteiger partial charge < -0.3 is 9.64 Å². The van der Waals surface area contributed by atoms with Gasteiger partial charge in [-0.25, -0.2) is 0 Å². The maximum absolute atomic E-state index is 13.0. The van der Waals surface area contributed by atoms with E-state index in [1.165, 1.54) is 43.1 Å². The van der Waals surface area contributed by atoms with Crippen LogP contribution in [0.4, 0.5) is 0 Å². The number of tetrazole rings is 1. The molecule has 1 amide bonds. The van der Waals surface area contributed by atoms with Gasteiger partial charge in [0.15, 0.2) is 0 Å². The van der Waals surface area contributed by atoms with Crippen LogP contribution in [0.5, 0.6) is 5.75 Å². The summed E-state index contributed by atoms with van der Waals surface area (Å²) < 4.78 is 6.88. The van der Waals surface area contributed by atoms with Crippen LogP contribution in [-0.4, -0.2) is 51.2 Å². The molecule has 3 rings (SSSR count). The zero-order valence-corrected chi connectivity index (χ0v) is 14.9. The van der Waals surface area contributed by atoms with E-state index in [1.54, 1.807) is 25.3 Å². The summed E-state index contributed by atoms with van der Waals surface area (Å²) in [6, 6.07) is 5.69. The number of hydrogen-bond acceptors (Lipinski definition) is 5. The monoisotopic (exact) mass is 343 g/mol. The Kier molecular flexibility index (Phi) is 5.63. The second kappa shape index (κ2) is 8.09. The van der Waals surface area contributed by atoms with E-state index in [0.717, 1.165) is 12.8 Å². The third-order valence-corrected chi connectivity index (χ3v) is 4.96. The summed E-state index contributed by atoms with van der Waals surface area (Å²) in [5, 5.41) is 11.2. The van der Waals surface area contributed by atoms with Gasteiger partial charge in [0.25, 0.3) is 5.91 Å². The number of aromatic nitrogens is 4. The largest absolute Gasteiger partial charge is 0.494 e. The van der Waals surface area contributed by atoms with Crippen LogP contribution in [-0.2, 0) is 0 Å². The molecule has 0 bridgehead atoms. The number of benzene rings is 1. The van der Waals surface area contributed by atoms with Crippen molar-refractivity contribution >= 4 is 5.91 Å². The molecule has 1 heterocycles. The van der Waals surface area contributed by atoms with Crippen LogP contribution in [0.1, 0.15) is 55.3 Å². The van der Waals surface area contributed by atoms with Crippen LogP contribution >= 0.6 is 0 Å². The number of methoxy groups -OCH3 is 1. The summed E-state index contributed by atoms with van der Waals surface area (Å²) in [6.07, 6.45) is 9.90. The molecule has 0 atom stereocenters. The highest BCUT2D eigenvalue weighted by Gasteiger charge is 2.23. The molecule has 0 aliphatic heterocycles. The first kappa shape index (κ1) is 17.4. The van der Waals surface area contributed by atoms with Crippen molar-refractivity contribution in [2.24, 2.45) is 0 Å². The Balaban J connectivity index is 1.82. The Labute approximate surface area is 148 Å². The average molecular weight is 343 g/mol. The summed E-state index contributed by atoms with van der Waals surface area (Å²) in [6.45, 7) is 0. The lowest BCUT2D eigenvalue weighted by Crippen LogP contribution is -2.37. The number of nitrogens with zero attached hydrogens (tertiary/aromatic N) is 5. The molecule has 0 N–H and O–H groups in total. The lowest BCUT2D eigenvalue weighted by Gasteiger charge is -2.30. The number of ether oxygens (including phenoxy) is 1. The third-order valence-electron chi connectivity index (χ3n) is 4.96. The molecule has 1 fully saturated rings. The fourth-order valence-electron chi connectivity index (χ4n) is 3.47. The fourth-order valence-corrected chi connectivity index (χ4v) is 3.47. The molecule has 0 saturated heterocycles. The second-order valence-corrected chi connectivity index (χ2v) is 6.56. The standard InChI is InChI=1S/C18H25N5O2/c1-22(15-8-6-4-3-5-7-9-15)18(24)14-10-11-17(25-2)16(12-14)23-13-19-20-21-23/h10-13,15H,3-9H2,1-2H3. The van der Waals surface area contributed by atoms with Crippen LogP contribution < -0.4 is 4.74 Å². The van der Waals surface area contributed by atoms with Crippen LogP contribution in [0.3, 0.4) is 0 Å². The maximum Gasteiger partial charge on any atom is 0.253 e. The van der Waals surface area contributed by atoms with E-state index in [2.05, 4.69) is 15.5 Å². The van der Waals surface area contributed by atoms with Gasteiger partial charge in [-0.15, -0.1) is 5.10 Å². The summed E-state index contributed by atoms with van der Waals surface area (Å²) in [5.74, 6) is 0.653. The molecule has 1 saturated carbocycles. The predicted molar refractivity (Wildman–Crippen MR) is 93.9 cm³/mol. The third kappa shape index (κ3) is 3.97. The van der Waals surface area contributed by atoms with Crippen LogP contribution in [0, 0.1) is 0 Å². The first-order chi connectivity index (χ1) is 12.2. The van der Waals surface area contributed by atoms with Gasteiger partial charge >= 0.3 is 0 Å². The lowest BCUT2D eigenvalue weighted by molar-refractivity contribution is 0.0706. The van der Waals surface area contributed by atoms with E-state index in [1.807, 2.05) is 11.9 Å². The minimum absolute atomic E-state index is 0.0301. The zero-order valence-electron chi connectivity index (χ0n) is 14.9. The van der Waals surface area contributed by atoms with Crippen molar-refractivity contribution in [2.45, 2.75) is 51.0 Å². The van der Waals surface area contributed by atoms with Gasteiger partial charge in [-0.05, 0) is 41.5 Å². The first-order valence-electron chi connectivity index (χ1n) is 8.89. The highest BCUT2D eigenvalue weighted by atomic mass is 16.5. The molecule has 134 valence electrons. The van der Waals surface area contributed by atoms with Crippen molar-refractivity contribution in [3.63, 3.8) is 0 Å². The molecule has 7 heteroatoms. The van der Waals surface area contributed by atoms with Crippen molar-refractivity contribution < 1.29 is 9.53 Å². The zero-order chi connectivity index (χ0) is 17.6. The summed E-state index contributed by atoms with van der Waals surface area (Å²) in [7, 11) is 3.50. The first-order valence-corrected chi connectivity index (χ1v) is 8.89. The average Bonchev–Trinajstić information content (AvgIpc) is 3.14. The van der Waals surface area contributed by atoms with Gasteiger partial charge in [0, 0.05) is 18.7 Å². The van der Waals surface area contributed by atoms with Gasteiger partial charge in [-0.3, -0.25) is 4.79 Å². The summed E-state index contributed by atoms with van der Waals surface area (Å²) >= 11 is 0. The van der Waals surface area contributed by atoms with Gasteiger partial charge in [-0.1, -0.05) is 32.1 Å². The predicted octanol–water partition coefficient (Wildman–Crippen LogP) is 2.86. The minimum atomic E-state index is 0.0301. The molecule has 1 aliphatic rings. The van der Waals surface area contributed by atoms with E-state index >= 15 is 0 Å². The molecular weight excluding hydrogens is 318 g/mol. The van der Waals surface area contributed by atoms with Crippen molar-refractivity contribution in [1.29, 1.82) is 0 Å². The molecule has 1 aromatic carbocycles. The Bertz CT molecular complexity index is 693. The Morgan fingerprint density at radius 1 is 1.20 bits per heavy atom. The number of carbonyl (C=O) groups is 1. The number of hydrogen-bond donors (Lipinski definition) is 0. The van der Waals surface area contributed by atoms with E-state index in [-0.39, 0.29) is 5.91 Å². The SMILES string of the molecule is COc1ccc(C(=O)N(C)C2CCCCCCC2)cc1-n1cnnn1.